The molecule has 0 radical (unpaired) electrons. The highest BCUT2D eigenvalue weighted by atomic mass is 16.4. The van der Waals surface area contributed by atoms with Gasteiger partial charge in [0.15, 0.2) is 0 Å². The van der Waals surface area contributed by atoms with E-state index in [4.69, 9.17) is 5.11 Å². The Kier molecular flexibility index (Phi) is 4.35. The third kappa shape index (κ3) is 3.81. The van der Waals surface area contributed by atoms with Crippen LogP contribution < -0.4 is 5.32 Å². The first-order valence-corrected chi connectivity index (χ1v) is 6.27. The summed E-state index contributed by atoms with van der Waals surface area (Å²) in [6.07, 6.45) is 0. The first-order valence-electron chi connectivity index (χ1n) is 6.27. The van der Waals surface area contributed by atoms with E-state index in [0.29, 0.717) is 5.69 Å². The van der Waals surface area contributed by atoms with Crippen LogP contribution in [0.5, 0.6) is 0 Å². The second kappa shape index (κ2) is 5.43. The quantitative estimate of drug-likeness (QED) is 0.824. The van der Waals surface area contributed by atoms with E-state index in [1.54, 1.807) is 0 Å². The topological polar surface area (TPSA) is 66.4 Å². The van der Waals surface area contributed by atoms with E-state index in [9.17, 15) is 9.59 Å². The van der Waals surface area contributed by atoms with Gasteiger partial charge in [0.05, 0.1) is 0 Å². The van der Waals surface area contributed by atoms with Crippen molar-refractivity contribution in [3.05, 3.63) is 29.3 Å². The van der Waals surface area contributed by atoms with Crippen LogP contribution in [0.4, 0.5) is 5.69 Å². The first-order chi connectivity index (χ1) is 8.62. The number of anilines is 1. The zero-order valence-corrected chi connectivity index (χ0v) is 12.1. The maximum atomic E-state index is 11.7. The number of carboxylic acid groups (broad SMARTS) is 1. The van der Waals surface area contributed by atoms with Crippen LogP contribution in [0, 0.1) is 12.8 Å². The minimum Gasteiger partial charge on any atom is -0.481 e. The molecule has 0 saturated carbocycles. The monoisotopic (exact) mass is 263 g/mol. The van der Waals surface area contributed by atoms with Crippen molar-refractivity contribution in [1.29, 1.82) is 0 Å². The Hall–Kier alpha value is -1.84. The van der Waals surface area contributed by atoms with E-state index in [-0.39, 0.29) is 5.41 Å². The number of nitrogens with one attached hydrogen (secondary N) is 1. The predicted octanol–water partition coefficient (Wildman–Crippen LogP) is 2.95. The summed E-state index contributed by atoms with van der Waals surface area (Å²) in [4.78, 5) is 22.4. The van der Waals surface area contributed by atoms with Gasteiger partial charge in [-0.05, 0) is 36.5 Å². The minimum absolute atomic E-state index is 0.0433. The summed E-state index contributed by atoms with van der Waals surface area (Å²) in [6.45, 7) is 9.62. The Morgan fingerprint density at radius 1 is 1.26 bits per heavy atom. The number of aliphatic carboxylic acids is 1. The summed E-state index contributed by atoms with van der Waals surface area (Å²) in [5.41, 5.74) is 2.81. The van der Waals surface area contributed by atoms with Gasteiger partial charge < -0.3 is 10.4 Å². The molecule has 0 fully saturated rings. The van der Waals surface area contributed by atoms with Crippen molar-refractivity contribution in [2.24, 2.45) is 5.92 Å². The van der Waals surface area contributed by atoms with E-state index in [1.807, 2.05) is 25.1 Å². The van der Waals surface area contributed by atoms with Crippen molar-refractivity contribution < 1.29 is 14.7 Å². The summed E-state index contributed by atoms with van der Waals surface area (Å²) < 4.78 is 0. The fourth-order valence-electron chi connectivity index (χ4n) is 1.62. The third-order valence-corrected chi connectivity index (χ3v) is 3.11. The molecule has 1 amide bonds. The lowest BCUT2D eigenvalue weighted by Gasteiger charge is -2.21. The molecule has 1 aromatic carbocycles. The van der Waals surface area contributed by atoms with Gasteiger partial charge in [-0.15, -0.1) is 0 Å². The molecular formula is C15H21NO3. The van der Waals surface area contributed by atoms with Crippen LogP contribution in [0.2, 0.25) is 0 Å². The third-order valence-electron chi connectivity index (χ3n) is 3.11. The molecule has 19 heavy (non-hydrogen) atoms. The lowest BCUT2D eigenvalue weighted by Crippen LogP contribution is -2.27. The van der Waals surface area contributed by atoms with Gasteiger partial charge in [-0.2, -0.15) is 0 Å². The van der Waals surface area contributed by atoms with E-state index in [2.05, 4.69) is 26.1 Å². The fraction of sp³-hybridized carbons (Fsp3) is 0.467. The number of carbonyl (C=O) groups is 2. The van der Waals surface area contributed by atoms with E-state index in [1.165, 1.54) is 12.5 Å². The highest BCUT2D eigenvalue weighted by molar-refractivity contribution is 6.04. The molecule has 104 valence electrons. The first kappa shape index (κ1) is 15.2. The van der Waals surface area contributed by atoms with Gasteiger partial charge in [0.1, 0.15) is 5.92 Å². The zero-order chi connectivity index (χ0) is 14.8. The van der Waals surface area contributed by atoms with Gasteiger partial charge in [0.2, 0.25) is 5.91 Å². The summed E-state index contributed by atoms with van der Waals surface area (Å²) in [7, 11) is 0. The molecule has 0 heterocycles. The Morgan fingerprint density at radius 3 is 2.26 bits per heavy atom. The number of hydrogen-bond donors (Lipinski definition) is 2. The van der Waals surface area contributed by atoms with Gasteiger partial charge in [-0.3, -0.25) is 9.59 Å². The van der Waals surface area contributed by atoms with Gasteiger partial charge in [-0.1, -0.05) is 32.9 Å². The lowest BCUT2D eigenvalue weighted by molar-refractivity contribution is -0.144. The van der Waals surface area contributed by atoms with Crippen LogP contribution in [0.25, 0.3) is 0 Å². The van der Waals surface area contributed by atoms with Crippen molar-refractivity contribution in [2.75, 3.05) is 5.32 Å². The Balaban J connectivity index is 2.93. The Bertz CT molecular complexity index is 501. The van der Waals surface area contributed by atoms with Crippen molar-refractivity contribution in [3.8, 4) is 0 Å². The van der Waals surface area contributed by atoms with Crippen LogP contribution >= 0.6 is 0 Å². The SMILES string of the molecule is Cc1cc(C(C)(C)C)ccc1NC(=O)C(C)C(=O)O. The maximum absolute atomic E-state index is 11.7. The number of hydrogen-bond acceptors (Lipinski definition) is 2. The lowest BCUT2D eigenvalue weighted by atomic mass is 9.86. The molecule has 0 spiro atoms. The molecule has 1 aromatic rings. The summed E-state index contributed by atoms with van der Waals surface area (Å²) in [5, 5.41) is 11.4. The van der Waals surface area contributed by atoms with Crippen LogP contribution in [-0.4, -0.2) is 17.0 Å². The van der Waals surface area contributed by atoms with E-state index >= 15 is 0 Å². The number of carbonyl (C=O) groups excluding carboxylic acids is 1. The number of carboxylic acids is 1. The summed E-state index contributed by atoms with van der Waals surface area (Å²) in [5.74, 6) is -2.68. The predicted molar refractivity (Wildman–Crippen MR) is 75.3 cm³/mol. The molecule has 4 nitrogen and oxygen atoms in total. The average molecular weight is 263 g/mol. The highest BCUT2D eigenvalue weighted by Crippen LogP contribution is 2.26. The van der Waals surface area contributed by atoms with Crippen LogP contribution in [-0.2, 0) is 15.0 Å². The Labute approximate surface area is 113 Å². The molecule has 0 aliphatic carbocycles. The van der Waals surface area contributed by atoms with Crippen molar-refractivity contribution in [2.45, 2.75) is 40.0 Å². The average Bonchev–Trinajstić information content (AvgIpc) is 2.29. The second-order valence-electron chi connectivity index (χ2n) is 5.83. The zero-order valence-electron chi connectivity index (χ0n) is 12.1. The molecule has 1 rings (SSSR count). The molecule has 1 unspecified atom stereocenters. The van der Waals surface area contributed by atoms with Crippen molar-refractivity contribution >= 4 is 17.6 Å². The highest BCUT2D eigenvalue weighted by Gasteiger charge is 2.21. The molecule has 0 aliphatic heterocycles. The van der Waals surface area contributed by atoms with Crippen molar-refractivity contribution in [3.63, 3.8) is 0 Å². The normalized spacial score (nSPS) is 12.9. The summed E-state index contributed by atoms with van der Waals surface area (Å²) >= 11 is 0. The minimum atomic E-state index is -1.12. The molecule has 0 saturated heterocycles. The van der Waals surface area contributed by atoms with Crippen LogP contribution in [0.15, 0.2) is 18.2 Å². The van der Waals surface area contributed by atoms with Crippen LogP contribution in [0.1, 0.15) is 38.8 Å². The molecule has 2 N–H and O–H groups in total. The summed E-state index contributed by atoms with van der Waals surface area (Å²) in [6, 6.07) is 5.79. The van der Waals surface area contributed by atoms with E-state index < -0.39 is 17.8 Å². The molecule has 0 aromatic heterocycles. The van der Waals surface area contributed by atoms with Gasteiger partial charge in [0.25, 0.3) is 0 Å². The molecule has 0 bridgehead atoms. The number of benzene rings is 1. The number of amides is 1. The molecule has 4 heteroatoms. The molecular weight excluding hydrogens is 242 g/mol. The Morgan fingerprint density at radius 2 is 1.84 bits per heavy atom. The molecule has 1 atom stereocenters. The van der Waals surface area contributed by atoms with Gasteiger partial charge >= 0.3 is 5.97 Å². The second-order valence-corrected chi connectivity index (χ2v) is 5.83. The van der Waals surface area contributed by atoms with Crippen LogP contribution in [0.3, 0.4) is 0 Å². The van der Waals surface area contributed by atoms with Gasteiger partial charge in [0, 0.05) is 5.69 Å². The number of rotatable bonds is 3. The maximum Gasteiger partial charge on any atom is 0.315 e. The standard InChI is InChI=1S/C15H21NO3/c1-9-8-11(15(3,4)5)6-7-12(9)16-13(17)10(2)14(18)19/h6-8,10H,1-5H3,(H,16,17)(H,18,19). The van der Waals surface area contributed by atoms with Crippen molar-refractivity contribution in [1.82, 2.24) is 0 Å². The number of aryl methyl sites for hydroxylation is 1. The molecule has 0 aliphatic rings. The smallest absolute Gasteiger partial charge is 0.315 e. The van der Waals surface area contributed by atoms with Gasteiger partial charge in [-0.25, -0.2) is 0 Å². The largest absolute Gasteiger partial charge is 0.481 e. The van der Waals surface area contributed by atoms with E-state index in [0.717, 1.165) is 5.56 Å². The fourth-order valence-corrected chi connectivity index (χ4v) is 1.62.